The molecule has 1 aliphatic carbocycles. The summed E-state index contributed by atoms with van der Waals surface area (Å²) >= 11 is 0. The molecule has 4 nitrogen and oxygen atoms in total. The fourth-order valence-electron chi connectivity index (χ4n) is 2.91. The Morgan fingerprint density at radius 3 is 2.38 bits per heavy atom. The third-order valence-electron chi connectivity index (χ3n) is 4.61. The van der Waals surface area contributed by atoms with Gasteiger partial charge in [0.1, 0.15) is 22.3 Å². The normalized spacial score (nSPS) is 14.6. The number of nitrogens with zero attached hydrogens (tertiary/aromatic N) is 2. The number of hydrogen-bond donors (Lipinski definition) is 0. The van der Waals surface area contributed by atoms with Crippen LogP contribution < -0.4 is 0 Å². The molecule has 136 valence electrons. The van der Waals surface area contributed by atoms with E-state index in [1.165, 1.54) is 22.0 Å². The van der Waals surface area contributed by atoms with E-state index in [2.05, 4.69) is 13.8 Å². The van der Waals surface area contributed by atoms with Gasteiger partial charge in [-0.1, -0.05) is 44.2 Å². The van der Waals surface area contributed by atoms with Crippen molar-refractivity contribution in [3.63, 3.8) is 0 Å². The molecule has 0 unspecified atom stereocenters. The first-order chi connectivity index (χ1) is 12.3. The minimum absolute atomic E-state index is 0.0976. The predicted molar refractivity (Wildman–Crippen MR) is 97.4 cm³/mol. The molecule has 1 fully saturated rings. The summed E-state index contributed by atoms with van der Waals surface area (Å²) in [6.45, 7) is 4.42. The summed E-state index contributed by atoms with van der Waals surface area (Å²) in [5.41, 5.74) is 1.64. The molecular formula is C20H21FN2O2S. The highest BCUT2D eigenvalue weighted by molar-refractivity contribution is 7.89. The van der Waals surface area contributed by atoms with Gasteiger partial charge in [-0.15, -0.1) is 0 Å². The second-order valence-electron chi connectivity index (χ2n) is 6.90. The zero-order valence-electron chi connectivity index (χ0n) is 14.8. The van der Waals surface area contributed by atoms with Crippen LogP contribution in [0.4, 0.5) is 4.39 Å². The van der Waals surface area contributed by atoms with Gasteiger partial charge in [-0.05, 0) is 42.0 Å². The highest BCUT2D eigenvalue weighted by Crippen LogP contribution is 2.35. The SMILES string of the molecule is CC(C)c1ccc(CN(C2CC2)S(=O)(=O)c2cccc(F)c2C#N)cc1. The molecule has 3 rings (SSSR count). The maximum atomic E-state index is 13.9. The lowest BCUT2D eigenvalue weighted by Gasteiger charge is -2.23. The van der Waals surface area contributed by atoms with Crippen molar-refractivity contribution in [1.82, 2.24) is 4.31 Å². The van der Waals surface area contributed by atoms with Gasteiger partial charge in [-0.25, -0.2) is 12.8 Å². The fraction of sp³-hybridized carbons (Fsp3) is 0.350. The molecule has 6 heteroatoms. The third kappa shape index (κ3) is 3.64. The second kappa shape index (κ2) is 7.18. The van der Waals surface area contributed by atoms with Crippen molar-refractivity contribution in [1.29, 1.82) is 5.26 Å². The van der Waals surface area contributed by atoms with Gasteiger partial charge in [0.05, 0.1) is 0 Å². The van der Waals surface area contributed by atoms with Crippen molar-refractivity contribution >= 4 is 10.0 Å². The highest BCUT2D eigenvalue weighted by atomic mass is 32.2. The van der Waals surface area contributed by atoms with E-state index < -0.39 is 21.4 Å². The van der Waals surface area contributed by atoms with Gasteiger partial charge in [0.25, 0.3) is 0 Å². The third-order valence-corrected chi connectivity index (χ3v) is 6.55. The molecule has 0 radical (unpaired) electrons. The van der Waals surface area contributed by atoms with Crippen LogP contribution in [0.2, 0.25) is 0 Å². The molecule has 1 aliphatic rings. The number of benzene rings is 2. The first-order valence-corrected chi connectivity index (χ1v) is 10.1. The molecule has 0 spiro atoms. The average molecular weight is 372 g/mol. The van der Waals surface area contributed by atoms with E-state index >= 15 is 0 Å². The van der Waals surface area contributed by atoms with Crippen LogP contribution in [0, 0.1) is 17.1 Å². The second-order valence-corrected chi connectivity index (χ2v) is 8.76. The van der Waals surface area contributed by atoms with Gasteiger partial charge in [0.15, 0.2) is 0 Å². The molecule has 0 atom stereocenters. The van der Waals surface area contributed by atoms with Crippen LogP contribution in [0.1, 0.15) is 49.3 Å². The quantitative estimate of drug-likeness (QED) is 0.764. The standard InChI is InChI=1S/C20H21FN2O2S/c1-14(2)16-8-6-15(7-9-16)13-23(17-10-11-17)26(24,25)20-5-3-4-19(21)18(20)12-22/h3-9,14,17H,10-11,13H2,1-2H3. The van der Waals surface area contributed by atoms with Crippen molar-refractivity contribution in [3.05, 3.63) is 65.0 Å². The molecule has 2 aromatic rings. The molecule has 1 saturated carbocycles. The molecule has 0 heterocycles. The molecule has 0 aliphatic heterocycles. The van der Waals surface area contributed by atoms with Crippen molar-refractivity contribution in [3.8, 4) is 6.07 Å². The van der Waals surface area contributed by atoms with Gasteiger partial charge < -0.3 is 0 Å². The van der Waals surface area contributed by atoms with Gasteiger partial charge in [0.2, 0.25) is 10.0 Å². The maximum absolute atomic E-state index is 13.9. The van der Waals surface area contributed by atoms with Gasteiger partial charge >= 0.3 is 0 Å². The number of hydrogen-bond acceptors (Lipinski definition) is 3. The molecule has 0 bridgehead atoms. The van der Waals surface area contributed by atoms with Gasteiger partial charge in [0, 0.05) is 12.6 Å². The summed E-state index contributed by atoms with van der Waals surface area (Å²) in [5, 5.41) is 9.20. The van der Waals surface area contributed by atoms with Crippen molar-refractivity contribution in [2.45, 2.75) is 50.1 Å². The van der Waals surface area contributed by atoms with E-state index in [1.54, 1.807) is 6.07 Å². The highest BCUT2D eigenvalue weighted by Gasteiger charge is 2.39. The predicted octanol–water partition coefficient (Wildman–Crippen LogP) is 4.17. The van der Waals surface area contributed by atoms with Crippen LogP contribution in [0.25, 0.3) is 0 Å². The van der Waals surface area contributed by atoms with Crippen LogP contribution in [-0.2, 0) is 16.6 Å². The minimum Gasteiger partial charge on any atom is -0.207 e. The Kier molecular flexibility index (Phi) is 5.12. The van der Waals surface area contributed by atoms with E-state index in [4.69, 9.17) is 0 Å². The topological polar surface area (TPSA) is 61.2 Å². The summed E-state index contributed by atoms with van der Waals surface area (Å²) in [5.74, 6) is -0.414. The molecule has 0 aromatic heterocycles. The largest absolute Gasteiger partial charge is 0.245 e. The Balaban J connectivity index is 1.95. The Morgan fingerprint density at radius 2 is 1.85 bits per heavy atom. The summed E-state index contributed by atoms with van der Waals surface area (Å²) in [6.07, 6.45) is 1.56. The number of nitriles is 1. The Bertz CT molecular complexity index is 943. The van der Waals surface area contributed by atoms with Gasteiger partial charge in [-0.3, -0.25) is 0 Å². The van der Waals surface area contributed by atoms with E-state index in [0.717, 1.165) is 24.5 Å². The van der Waals surface area contributed by atoms with E-state index in [-0.39, 0.29) is 17.5 Å². The summed E-state index contributed by atoms with van der Waals surface area (Å²) in [6, 6.07) is 13.2. The fourth-order valence-corrected chi connectivity index (χ4v) is 4.74. The van der Waals surface area contributed by atoms with E-state index in [9.17, 15) is 18.1 Å². The van der Waals surface area contributed by atoms with Crippen LogP contribution in [0.3, 0.4) is 0 Å². The monoisotopic (exact) mass is 372 g/mol. The molecule has 0 amide bonds. The van der Waals surface area contributed by atoms with Crippen LogP contribution in [-0.4, -0.2) is 18.8 Å². The molecular weight excluding hydrogens is 351 g/mol. The Labute approximate surface area is 153 Å². The zero-order chi connectivity index (χ0) is 18.9. The van der Waals surface area contributed by atoms with Gasteiger partial charge in [-0.2, -0.15) is 9.57 Å². The Morgan fingerprint density at radius 1 is 1.19 bits per heavy atom. The molecule has 0 saturated heterocycles. The molecule has 0 N–H and O–H groups in total. The summed E-state index contributed by atoms with van der Waals surface area (Å²) < 4.78 is 41.6. The van der Waals surface area contributed by atoms with Crippen LogP contribution >= 0.6 is 0 Å². The molecule has 26 heavy (non-hydrogen) atoms. The lowest BCUT2D eigenvalue weighted by Crippen LogP contribution is -2.33. The van der Waals surface area contributed by atoms with E-state index in [0.29, 0.717) is 5.92 Å². The van der Waals surface area contributed by atoms with Crippen molar-refractivity contribution < 1.29 is 12.8 Å². The number of sulfonamides is 1. The van der Waals surface area contributed by atoms with Crippen LogP contribution in [0.5, 0.6) is 0 Å². The van der Waals surface area contributed by atoms with Crippen LogP contribution in [0.15, 0.2) is 47.4 Å². The lowest BCUT2D eigenvalue weighted by molar-refractivity contribution is 0.398. The first kappa shape index (κ1) is 18.6. The average Bonchev–Trinajstić information content (AvgIpc) is 3.44. The summed E-state index contributed by atoms with van der Waals surface area (Å²) in [4.78, 5) is -0.259. The minimum atomic E-state index is -3.96. The lowest BCUT2D eigenvalue weighted by atomic mass is 10.0. The number of rotatable bonds is 6. The molecule has 2 aromatic carbocycles. The summed E-state index contributed by atoms with van der Waals surface area (Å²) in [7, 11) is -3.96. The smallest absolute Gasteiger partial charge is 0.207 e. The maximum Gasteiger partial charge on any atom is 0.245 e. The van der Waals surface area contributed by atoms with E-state index in [1.807, 2.05) is 24.3 Å². The first-order valence-electron chi connectivity index (χ1n) is 8.64. The Hall–Kier alpha value is -2.23. The van der Waals surface area contributed by atoms with Crippen molar-refractivity contribution in [2.75, 3.05) is 0 Å². The number of halogens is 1. The zero-order valence-corrected chi connectivity index (χ0v) is 15.6. The van der Waals surface area contributed by atoms with Crippen molar-refractivity contribution in [2.24, 2.45) is 0 Å².